The minimum atomic E-state index is -0.147. The molecular formula is C17H22N2O3S. The molecule has 0 fully saturated rings. The second-order valence-corrected chi connectivity index (χ2v) is 6.39. The molecule has 0 aliphatic rings. The Bertz CT molecular complexity index is 682. The molecule has 23 heavy (non-hydrogen) atoms. The van der Waals surface area contributed by atoms with Gasteiger partial charge in [-0.3, -0.25) is 4.79 Å². The molecule has 0 radical (unpaired) electrons. The van der Waals surface area contributed by atoms with E-state index in [4.69, 9.17) is 9.47 Å². The highest BCUT2D eigenvalue weighted by Gasteiger charge is 2.17. The van der Waals surface area contributed by atoms with Crippen molar-refractivity contribution in [1.82, 2.24) is 10.3 Å². The maximum atomic E-state index is 12.3. The van der Waals surface area contributed by atoms with Crippen LogP contribution < -0.4 is 14.8 Å². The van der Waals surface area contributed by atoms with E-state index < -0.39 is 0 Å². The van der Waals surface area contributed by atoms with Crippen molar-refractivity contribution >= 4 is 17.2 Å². The van der Waals surface area contributed by atoms with Crippen molar-refractivity contribution in [3.63, 3.8) is 0 Å². The fourth-order valence-corrected chi connectivity index (χ4v) is 2.88. The molecule has 0 aliphatic carbocycles. The summed E-state index contributed by atoms with van der Waals surface area (Å²) in [5, 5.41) is 2.99. The molecule has 1 amide bonds. The van der Waals surface area contributed by atoms with Gasteiger partial charge >= 0.3 is 0 Å². The lowest BCUT2D eigenvalue weighted by molar-refractivity contribution is 0.0943. The lowest BCUT2D eigenvalue weighted by atomic mass is 10.1. The largest absolute Gasteiger partial charge is 0.493 e. The number of carbonyl (C=O) groups is 1. The Morgan fingerprint density at radius 2 is 2.00 bits per heavy atom. The Kier molecular flexibility index (Phi) is 5.60. The number of amides is 1. The van der Waals surface area contributed by atoms with Gasteiger partial charge in [0.05, 0.1) is 30.5 Å². The van der Waals surface area contributed by atoms with E-state index in [9.17, 15) is 4.79 Å². The number of hydrogen-bond acceptors (Lipinski definition) is 5. The molecule has 2 rings (SSSR count). The van der Waals surface area contributed by atoms with Crippen molar-refractivity contribution in [2.45, 2.75) is 39.8 Å². The summed E-state index contributed by atoms with van der Waals surface area (Å²) in [5.74, 6) is 1.24. The molecule has 1 heterocycles. The van der Waals surface area contributed by atoms with Gasteiger partial charge in [-0.15, -0.1) is 11.3 Å². The summed E-state index contributed by atoms with van der Waals surface area (Å²) >= 11 is 1.34. The minimum Gasteiger partial charge on any atom is -0.493 e. The van der Waals surface area contributed by atoms with E-state index in [0.717, 1.165) is 11.3 Å². The van der Waals surface area contributed by atoms with Gasteiger partial charge in [-0.05, 0) is 45.4 Å². The summed E-state index contributed by atoms with van der Waals surface area (Å²) in [6.07, 6.45) is 0.0705. The average Bonchev–Trinajstić information content (AvgIpc) is 2.93. The lowest BCUT2D eigenvalue weighted by Gasteiger charge is -2.18. The Labute approximate surface area is 140 Å². The summed E-state index contributed by atoms with van der Waals surface area (Å²) < 4.78 is 11.1. The Morgan fingerprint density at radius 3 is 2.57 bits per heavy atom. The summed E-state index contributed by atoms with van der Waals surface area (Å²) in [7, 11) is 1.61. The summed E-state index contributed by atoms with van der Waals surface area (Å²) in [6.45, 7) is 7.70. The number of nitrogens with one attached hydrogen (secondary N) is 1. The van der Waals surface area contributed by atoms with E-state index in [2.05, 4.69) is 10.3 Å². The van der Waals surface area contributed by atoms with Crippen LogP contribution in [0.2, 0.25) is 0 Å². The third kappa shape index (κ3) is 4.22. The molecule has 1 N–H and O–H groups in total. The normalized spacial score (nSPS) is 12.1. The SMILES string of the molecule is COc1cc([C@H](C)NC(=O)c2scnc2C)ccc1OC(C)C. The van der Waals surface area contributed by atoms with Gasteiger partial charge in [-0.1, -0.05) is 6.07 Å². The highest BCUT2D eigenvalue weighted by Crippen LogP contribution is 2.31. The summed E-state index contributed by atoms with van der Waals surface area (Å²) in [5.41, 5.74) is 3.38. The van der Waals surface area contributed by atoms with Crippen molar-refractivity contribution in [2.24, 2.45) is 0 Å². The van der Waals surface area contributed by atoms with E-state index in [1.54, 1.807) is 12.6 Å². The van der Waals surface area contributed by atoms with Gasteiger partial charge in [0, 0.05) is 0 Å². The molecule has 0 spiro atoms. The van der Waals surface area contributed by atoms with Gasteiger partial charge in [0.2, 0.25) is 0 Å². The molecule has 124 valence electrons. The molecule has 5 nitrogen and oxygen atoms in total. The average molecular weight is 334 g/mol. The van der Waals surface area contributed by atoms with Crippen LogP contribution in [0.5, 0.6) is 11.5 Å². The second kappa shape index (κ2) is 7.46. The molecule has 0 unspecified atom stereocenters. The zero-order valence-corrected chi connectivity index (χ0v) is 14.9. The first-order chi connectivity index (χ1) is 10.9. The maximum Gasteiger partial charge on any atom is 0.263 e. The first-order valence-corrected chi connectivity index (χ1v) is 8.36. The van der Waals surface area contributed by atoms with Crippen molar-refractivity contribution in [1.29, 1.82) is 0 Å². The smallest absolute Gasteiger partial charge is 0.263 e. The highest BCUT2D eigenvalue weighted by molar-refractivity contribution is 7.11. The quantitative estimate of drug-likeness (QED) is 0.874. The van der Waals surface area contributed by atoms with Crippen LogP contribution >= 0.6 is 11.3 Å². The van der Waals surface area contributed by atoms with Gasteiger partial charge in [-0.2, -0.15) is 0 Å². The zero-order valence-electron chi connectivity index (χ0n) is 14.0. The van der Waals surface area contributed by atoms with Gasteiger partial charge in [0.15, 0.2) is 11.5 Å². The van der Waals surface area contributed by atoms with E-state index in [0.29, 0.717) is 16.4 Å². The predicted octanol–water partition coefficient (Wildman–Crippen LogP) is 3.74. The minimum absolute atomic E-state index is 0.0705. The van der Waals surface area contributed by atoms with Crippen molar-refractivity contribution in [2.75, 3.05) is 7.11 Å². The van der Waals surface area contributed by atoms with Gasteiger partial charge in [-0.25, -0.2) is 4.98 Å². The number of nitrogens with zero attached hydrogens (tertiary/aromatic N) is 1. The van der Waals surface area contributed by atoms with E-state index in [1.165, 1.54) is 11.3 Å². The van der Waals surface area contributed by atoms with Crippen LogP contribution in [0.1, 0.15) is 47.7 Å². The first-order valence-electron chi connectivity index (χ1n) is 7.48. The third-order valence-corrected chi connectivity index (χ3v) is 4.28. The number of hydrogen-bond donors (Lipinski definition) is 1. The molecule has 0 saturated heterocycles. The number of methoxy groups -OCH3 is 1. The number of carbonyl (C=O) groups excluding carboxylic acids is 1. The molecule has 0 aliphatic heterocycles. The van der Waals surface area contributed by atoms with Crippen molar-refractivity contribution in [3.8, 4) is 11.5 Å². The number of rotatable bonds is 6. The topological polar surface area (TPSA) is 60.5 Å². The van der Waals surface area contributed by atoms with E-state index in [1.807, 2.05) is 45.9 Å². The molecule has 0 saturated carbocycles. The van der Waals surface area contributed by atoms with Crippen LogP contribution in [-0.2, 0) is 0 Å². The molecule has 6 heteroatoms. The molecule has 2 aromatic rings. The predicted molar refractivity (Wildman–Crippen MR) is 91.5 cm³/mol. The molecular weight excluding hydrogens is 312 g/mol. The zero-order chi connectivity index (χ0) is 17.0. The fourth-order valence-electron chi connectivity index (χ4n) is 2.17. The molecule has 0 bridgehead atoms. The van der Waals surface area contributed by atoms with Crippen LogP contribution in [0.15, 0.2) is 23.7 Å². The molecule has 1 atom stereocenters. The lowest BCUT2D eigenvalue weighted by Crippen LogP contribution is -2.26. The number of benzene rings is 1. The fraction of sp³-hybridized carbons (Fsp3) is 0.412. The summed E-state index contributed by atoms with van der Waals surface area (Å²) in [4.78, 5) is 17.0. The van der Waals surface area contributed by atoms with Crippen molar-refractivity contribution in [3.05, 3.63) is 39.8 Å². The van der Waals surface area contributed by atoms with Crippen LogP contribution in [-0.4, -0.2) is 24.1 Å². The summed E-state index contributed by atoms with van der Waals surface area (Å²) in [6, 6.07) is 5.55. The molecule has 1 aromatic carbocycles. The van der Waals surface area contributed by atoms with Gasteiger partial charge < -0.3 is 14.8 Å². The van der Waals surface area contributed by atoms with Crippen LogP contribution in [0.4, 0.5) is 0 Å². The Morgan fingerprint density at radius 1 is 1.26 bits per heavy atom. The van der Waals surface area contributed by atoms with Crippen LogP contribution in [0, 0.1) is 6.92 Å². The molecule has 1 aromatic heterocycles. The van der Waals surface area contributed by atoms with Gasteiger partial charge in [0.25, 0.3) is 5.91 Å². The number of aromatic nitrogens is 1. The van der Waals surface area contributed by atoms with E-state index >= 15 is 0 Å². The number of thiazole rings is 1. The maximum absolute atomic E-state index is 12.3. The monoisotopic (exact) mass is 334 g/mol. The third-order valence-electron chi connectivity index (χ3n) is 3.35. The highest BCUT2D eigenvalue weighted by atomic mass is 32.1. The Hall–Kier alpha value is -2.08. The Balaban J connectivity index is 2.14. The van der Waals surface area contributed by atoms with Crippen LogP contribution in [0.25, 0.3) is 0 Å². The number of ether oxygens (including phenoxy) is 2. The van der Waals surface area contributed by atoms with E-state index in [-0.39, 0.29) is 18.1 Å². The van der Waals surface area contributed by atoms with Crippen molar-refractivity contribution < 1.29 is 14.3 Å². The standard InChI is InChI=1S/C17H22N2O3S/c1-10(2)22-14-7-6-13(8-15(14)21-5)11(3)19-17(20)16-12(4)18-9-23-16/h6-11H,1-5H3,(H,19,20)/t11-/m0/s1. The first kappa shape index (κ1) is 17.3. The second-order valence-electron chi connectivity index (χ2n) is 5.54. The van der Waals surface area contributed by atoms with Gasteiger partial charge in [0.1, 0.15) is 4.88 Å². The number of aryl methyl sites for hydroxylation is 1. The van der Waals surface area contributed by atoms with Crippen LogP contribution in [0.3, 0.4) is 0 Å².